The van der Waals surface area contributed by atoms with Crippen LogP contribution in [0.25, 0.3) is 0 Å². The second kappa shape index (κ2) is 9.19. The molecular weight excluding hydrogens is 418 g/mol. The number of fused-ring (bicyclic) bond motifs is 1. The van der Waals surface area contributed by atoms with Crippen molar-refractivity contribution in [2.75, 3.05) is 19.0 Å². The Morgan fingerprint density at radius 2 is 1.88 bits per heavy atom. The Hall–Kier alpha value is -1.86. The van der Waals surface area contributed by atoms with Gasteiger partial charge in [-0.3, -0.25) is 9.00 Å². The molecule has 0 aliphatic carbocycles. The molecule has 1 heterocycles. The molecule has 1 unspecified atom stereocenters. The number of amides is 1. The topological polar surface area (TPSA) is 64.6 Å². The Morgan fingerprint density at radius 1 is 1.12 bits per heavy atom. The standard InChI is InChI=1S/C19H20BrNO4S/c20-15-6-8-16(9-7-15)26(23)12-2-5-18(22)21-13-14-3-1-4-17-19(14)25-11-10-24-17/h1,3-4,6-9H,2,5,10-13H2,(H,21,22). The molecule has 0 radical (unpaired) electrons. The molecule has 1 aliphatic rings. The molecule has 1 aliphatic heterocycles. The highest BCUT2D eigenvalue weighted by Gasteiger charge is 2.16. The van der Waals surface area contributed by atoms with Crippen molar-refractivity contribution < 1.29 is 18.5 Å². The van der Waals surface area contributed by atoms with Crippen LogP contribution in [0.4, 0.5) is 0 Å². The van der Waals surface area contributed by atoms with Crippen LogP contribution < -0.4 is 14.8 Å². The van der Waals surface area contributed by atoms with E-state index in [1.165, 1.54) is 0 Å². The SMILES string of the molecule is O=C(CCCS(=O)c1ccc(Br)cc1)NCc1cccc2c1OCCO2. The molecule has 0 bridgehead atoms. The van der Waals surface area contributed by atoms with Crippen molar-refractivity contribution in [1.29, 1.82) is 0 Å². The van der Waals surface area contributed by atoms with Crippen molar-refractivity contribution in [2.24, 2.45) is 0 Å². The Labute approximate surface area is 163 Å². The molecule has 138 valence electrons. The molecule has 0 spiro atoms. The molecule has 7 heteroatoms. The minimum Gasteiger partial charge on any atom is -0.486 e. The zero-order valence-electron chi connectivity index (χ0n) is 14.2. The van der Waals surface area contributed by atoms with Gasteiger partial charge in [0, 0.05) is 33.7 Å². The molecule has 0 fully saturated rings. The zero-order chi connectivity index (χ0) is 18.4. The first-order valence-corrected chi connectivity index (χ1v) is 10.5. The third-order valence-corrected chi connectivity index (χ3v) is 5.92. The van der Waals surface area contributed by atoms with E-state index in [1.54, 1.807) is 0 Å². The van der Waals surface area contributed by atoms with E-state index in [2.05, 4.69) is 21.2 Å². The molecule has 26 heavy (non-hydrogen) atoms. The van der Waals surface area contributed by atoms with E-state index >= 15 is 0 Å². The van der Waals surface area contributed by atoms with Gasteiger partial charge in [-0.15, -0.1) is 0 Å². The molecular formula is C19H20BrNO4S. The molecule has 2 aromatic carbocycles. The number of ether oxygens (including phenoxy) is 2. The highest BCUT2D eigenvalue weighted by atomic mass is 79.9. The van der Waals surface area contributed by atoms with Crippen LogP contribution in [0.3, 0.4) is 0 Å². The lowest BCUT2D eigenvalue weighted by atomic mass is 10.1. The van der Waals surface area contributed by atoms with Crippen LogP contribution in [0.15, 0.2) is 51.8 Å². The van der Waals surface area contributed by atoms with E-state index in [-0.39, 0.29) is 5.91 Å². The summed E-state index contributed by atoms with van der Waals surface area (Å²) in [5, 5.41) is 2.89. The molecule has 2 aromatic rings. The predicted octanol–water partition coefficient (Wildman–Crippen LogP) is 3.42. The lowest BCUT2D eigenvalue weighted by molar-refractivity contribution is -0.121. The third kappa shape index (κ3) is 5.08. The molecule has 0 aromatic heterocycles. The van der Waals surface area contributed by atoms with Crippen LogP contribution in [0.2, 0.25) is 0 Å². The summed E-state index contributed by atoms with van der Waals surface area (Å²) in [7, 11) is -1.09. The number of carbonyl (C=O) groups excluding carboxylic acids is 1. The quantitative estimate of drug-likeness (QED) is 0.720. The maximum absolute atomic E-state index is 12.2. The van der Waals surface area contributed by atoms with Crippen molar-refractivity contribution >= 4 is 32.6 Å². The largest absolute Gasteiger partial charge is 0.486 e. The zero-order valence-corrected chi connectivity index (χ0v) is 16.6. The van der Waals surface area contributed by atoms with Crippen molar-refractivity contribution in [2.45, 2.75) is 24.3 Å². The first kappa shape index (κ1) is 18.9. The van der Waals surface area contributed by atoms with E-state index in [1.807, 2.05) is 42.5 Å². The van der Waals surface area contributed by atoms with Gasteiger partial charge in [-0.2, -0.15) is 0 Å². The monoisotopic (exact) mass is 437 g/mol. The van der Waals surface area contributed by atoms with Crippen LogP contribution >= 0.6 is 15.9 Å². The van der Waals surface area contributed by atoms with E-state index in [4.69, 9.17) is 9.47 Å². The van der Waals surface area contributed by atoms with E-state index < -0.39 is 10.8 Å². The van der Waals surface area contributed by atoms with Gasteiger partial charge in [0.1, 0.15) is 13.2 Å². The first-order chi connectivity index (χ1) is 12.6. The Balaban J connectivity index is 1.43. The summed E-state index contributed by atoms with van der Waals surface area (Å²) in [5.74, 6) is 1.82. The number of benzene rings is 2. The van der Waals surface area contributed by atoms with Crippen molar-refractivity contribution in [3.05, 3.63) is 52.5 Å². The van der Waals surface area contributed by atoms with Gasteiger partial charge >= 0.3 is 0 Å². The number of carbonyl (C=O) groups is 1. The molecule has 5 nitrogen and oxygen atoms in total. The number of hydrogen-bond acceptors (Lipinski definition) is 4. The molecule has 1 atom stereocenters. The maximum Gasteiger partial charge on any atom is 0.220 e. The average molecular weight is 438 g/mol. The molecule has 1 amide bonds. The highest BCUT2D eigenvalue weighted by Crippen LogP contribution is 2.33. The van der Waals surface area contributed by atoms with Gasteiger partial charge in [0.2, 0.25) is 5.91 Å². The number of halogens is 1. The number of hydrogen-bond donors (Lipinski definition) is 1. The highest BCUT2D eigenvalue weighted by molar-refractivity contribution is 9.10. The summed E-state index contributed by atoms with van der Waals surface area (Å²) in [6, 6.07) is 13.1. The Bertz CT molecular complexity index is 795. The number of nitrogens with one attached hydrogen (secondary N) is 1. The summed E-state index contributed by atoms with van der Waals surface area (Å²) >= 11 is 3.36. The fourth-order valence-corrected chi connectivity index (χ4v) is 3.97. The third-order valence-electron chi connectivity index (χ3n) is 3.93. The van der Waals surface area contributed by atoms with Crippen molar-refractivity contribution in [3.8, 4) is 11.5 Å². The summed E-state index contributed by atoms with van der Waals surface area (Å²) in [5.41, 5.74) is 0.897. The average Bonchev–Trinajstić information content (AvgIpc) is 2.66. The molecule has 0 saturated heterocycles. The van der Waals surface area contributed by atoms with Crippen LogP contribution in [-0.2, 0) is 22.1 Å². The van der Waals surface area contributed by atoms with Gasteiger partial charge in [0.25, 0.3) is 0 Å². The molecule has 0 saturated carbocycles. The Kier molecular flexibility index (Phi) is 6.68. The first-order valence-electron chi connectivity index (χ1n) is 8.41. The second-order valence-corrected chi connectivity index (χ2v) is 8.31. The summed E-state index contributed by atoms with van der Waals surface area (Å²) in [6.45, 7) is 1.44. The van der Waals surface area contributed by atoms with Crippen LogP contribution in [-0.4, -0.2) is 29.1 Å². The van der Waals surface area contributed by atoms with Gasteiger partial charge in [-0.25, -0.2) is 0 Å². The van der Waals surface area contributed by atoms with Gasteiger partial charge < -0.3 is 14.8 Å². The minimum absolute atomic E-state index is 0.0628. The predicted molar refractivity (Wildman–Crippen MR) is 104 cm³/mol. The summed E-state index contributed by atoms with van der Waals surface area (Å²) < 4.78 is 24.3. The van der Waals surface area contributed by atoms with Crippen LogP contribution in [0.5, 0.6) is 11.5 Å². The van der Waals surface area contributed by atoms with E-state index in [9.17, 15) is 9.00 Å². The van der Waals surface area contributed by atoms with Crippen LogP contribution in [0.1, 0.15) is 18.4 Å². The van der Waals surface area contributed by atoms with Crippen LogP contribution in [0, 0.1) is 0 Å². The maximum atomic E-state index is 12.2. The summed E-state index contributed by atoms with van der Waals surface area (Å²) in [6.07, 6.45) is 0.912. The van der Waals surface area contributed by atoms with Gasteiger partial charge in [0.05, 0.1) is 10.8 Å². The molecule has 3 rings (SSSR count). The fraction of sp³-hybridized carbons (Fsp3) is 0.316. The smallest absolute Gasteiger partial charge is 0.220 e. The van der Waals surface area contributed by atoms with Crippen molar-refractivity contribution in [1.82, 2.24) is 5.32 Å². The lowest BCUT2D eigenvalue weighted by Crippen LogP contribution is -2.24. The van der Waals surface area contributed by atoms with Gasteiger partial charge in [0.15, 0.2) is 11.5 Å². The Morgan fingerprint density at radius 3 is 2.69 bits per heavy atom. The number of para-hydroxylation sites is 1. The fourth-order valence-electron chi connectivity index (χ4n) is 2.62. The van der Waals surface area contributed by atoms with Crippen molar-refractivity contribution in [3.63, 3.8) is 0 Å². The molecule has 1 N–H and O–H groups in total. The minimum atomic E-state index is -1.09. The second-order valence-electron chi connectivity index (χ2n) is 5.83. The lowest BCUT2D eigenvalue weighted by Gasteiger charge is -2.21. The van der Waals surface area contributed by atoms with Gasteiger partial charge in [-0.05, 0) is 36.8 Å². The normalized spacial score (nSPS) is 13.9. The van der Waals surface area contributed by atoms with E-state index in [0.29, 0.717) is 49.9 Å². The van der Waals surface area contributed by atoms with E-state index in [0.717, 1.165) is 14.9 Å². The summed E-state index contributed by atoms with van der Waals surface area (Å²) in [4.78, 5) is 12.8. The number of rotatable bonds is 7. The van der Waals surface area contributed by atoms with Gasteiger partial charge in [-0.1, -0.05) is 28.1 Å².